The van der Waals surface area contributed by atoms with Gasteiger partial charge in [0.05, 0.1) is 0 Å². The maximum atomic E-state index is 9.53. The van der Waals surface area contributed by atoms with Crippen LogP contribution in [0.1, 0.15) is 0 Å². The molecule has 0 aliphatic rings. The van der Waals surface area contributed by atoms with Gasteiger partial charge in [0.1, 0.15) is 11.4 Å². The lowest BCUT2D eigenvalue weighted by molar-refractivity contribution is 0.475. The van der Waals surface area contributed by atoms with Gasteiger partial charge in [-0.15, -0.1) is 0 Å². The molecule has 0 radical (unpaired) electrons. The van der Waals surface area contributed by atoms with Crippen LogP contribution < -0.4 is 0 Å². The van der Waals surface area contributed by atoms with E-state index in [1.807, 2.05) is 42.1 Å². The van der Waals surface area contributed by atoms with Crippen LogP contribution in [0, 0.1) is 0 Å². The van der Waals surface area contributed by atoms with Gasteiger partial charge >= 0.3 is 0 Å². The van der Waals surface area contributed by atoms with Crippen LogP contribution in [0.5, 0.6) is 5.75 Å². The van der Waals surface area contributed by atoms with Crippen LogP contribution in [0.3, 0.4) is 0 Å². The number of fused-ring (bicyclic) bond motifs is 1. The summed E-state index contributed by atoms with van der Waals surface area (Å²) in [6, 6.07) is 11.3. The Hall–Kier alpha value is -2.29. The number of nitrogens with zero attached hydrogens (tertiary/aromatic N) is 2. The van der Waals surface area contributed by atoms with E-state index >= 15 is 0 Å². The van der Waals surface area contributed by atoms with E-state index < -0.39 is 0 Å². The molecule has 0 spiro atoms. The maximum absolute atomic E-state index is 9.53. The van der Waals surface area contributed by atoms with Gasteiger partial charge in [-0.2, -0.15) is 0 Å². The average Bonchev–Trinajstić information content (AvgIpc) is 2.71. The molecule has 2 heterocycles. The molecule has 0 atom stereocenters. The van der Waals surface area contributed by atoms with E-state index in [9.17, 15) is 5.11 Å². The SMILES string of the molecule is Cn1ccc2c(-c3cccc(O)c3)ccnc21. The van der Waals surface area contributed by atoms with Crippen molar-refractivity contribution >= 4 is 11.0 Å². The first kappa shape index (κ1) is 9.90. The Bertz CT molecular complexity index is 686. The fraction of sp³-hybridized carbons (Fsp3) is 0.0714. The van der Waals surface area contributed by atoms with Gasteiger partial charge in [-0.1, -0.05) is 12.1 Å². The zero-order chi connectivity index (χ0) is 11.8. The van der Waals surface area contributed by atoms with Crippen LogP contribution in [-0.4, -0.2) is 14.7 Å². The molecule has 1 N–H and O–H groups in total. The molecule has 0 bridgehead atoms. The van der Waals surface area contributed by atoms with E-state index in [-0.39, 0.29) is 5.75 Å². The van der Waals surface area contributed by atoms with Crippen molar-refractivity contribution in [1.82, 2.24) is 9.55 Å². The lowest BCUT2D eigenvalue weighted by atomic mass is 10.0. The van der Waals surface area contributed by atoms with Gasteiger partial charge < -0.3 is 9.67 Å². The monoisotopic (exact) mass is 224 g/mol. The third-order valence-corrected chi connectivity index (χ3v) is 2.93. The van der Waals surface area contributed by atoms with Crippen molar-refractivity contribution in [3.8, 4) is 16.9 Å². The predicted molar refractivity (Wildman–Crippen MR) is 67.8 cm³/mol. The summed E-state index contributed by atoms with van der Waals surface area (Å²) in [6.45, 7) is 0. The van der Waals surface area contributed by atoms with Gasteiger partial charge in [0.2, 0.25) is 0 Å². The van der Waals surface area contributed by atoms with Crippen LogP contribution in [0.25, 0.3) is 22.2 Å². The Morgan fingerprint density at radius 1 is 1.18 bits per heavy atom. The van der Waals surface area contributed by atoms with Crippen LogP contribution in [0.4, 0.5) is 0 Å². The van der Waals surface area contributed by atoms with Crippen molar-refractivity contribution in [2.45, 2.75) is 0 Å². The van der Waals surface area contributed by atoms with Crippen LogP contribution >= 0.6 is 0 Å². The normalized spacial score (nSPS) is 10.9. The highest BCUT2D eigenvalue weighted by atomic mass is 16.3. The van der Waals surface area contributed by atoms with Gasteiger partial charge in [0, 0.05) is 24.8 Å². The van der Waals surface area contributed by atoms with E-state index in [2.05, 4.69) is 4.98 Å². The third-order valence-electron chi connectivity index (χ3n) is 2.93. The van der Waals surface area contributed by atoms with Crippen molar-refractivity contribution < 1.29 is 5.11 Å². The first-order chi connectivity index (χ1) is 8.25. The van der Waals surface area contributed by atoms with Crippen molar-refractivity contribution in [1.29, 1.82) is 0 Å². The first-order valence-electron chi connectivity index (χ1n) is 5.45. The number of hydrogen-bond donors (Lipinski definition) is 1. The second-order valence-electron chi connectivity index (χ2n) is 4.07. The molecule has 0 saturated heterocycles. The molecule has 0 saturated carbocycles. The van der Waals surface area contributed by atoms with E-state index in [4.69, 9.17) is 0 Å². The molecule has 0 fully saturated rings. The summed E-state index contributed by atoms with van der Waals surface area (Å²) < 4.78 is 1.99. The minimum atomic E-state index is 0.281. The Morgan fingerprint density at radius 2 is 2.06 bits per heavy atom. The molecule has 1 aromatic carbocycles. The highest BCUT2D eigenvalue weighted by molar-refractivity contribution is 5.93. The van der Waals surface area contributed by atoms with Gasteiger partial charge in [0.15, 0.2) is 0 Å². The number of pyridine rings is 1. The standard InChI is InChI=1S/C14H12N2O/c1-16-8-6-13-12(5-7-15-14(13)16)10-3-2-4-11(17)9-10/h2-9,17H,1H3. The summed E-state index contributed by atoms with van der Waals surface area (Å²) in [6.07, 6.45) is 3.78. The third kappa shape index (κ3) is 1.56. The zero-order valence-electron chi connectivity index (χ0n) is 9.46. The molecule has 17 heavy (non-hydrogen) atoms. The largest absolute Gasteiger partial charge is 0.508 e. The quantitative estimate of drug-likeness (QED) is 0.690. The summed E-state index contributed by atoms with van der Waals surface area (Å²) in [5.74, 6) is 0.281. The number of hydrogen-bond acceptors (Lipinski definition) is 2. The van der Waals surface area contributed by atoms with E-state index in [0.717, 1.165) is 22.2 Å². The molecule has 3 aromatic rings. The fourth-order valence-corrected chi connectivity index (χ4v) is 2.09. The molecule has 0 amide bonds. The number of aromatic nitrogens is 2. The lowest BCUT2D eigenvalue weighted by Crippen LogP contribution is -1.88. The lowest BCUT2D eigenvalue weighted by Gasteiger charge is -2.04. The Balaban J connectivity index is 2.30. The maximum Gasteiger partial charge on any atom is 0.140 e. The van der Waals surface area contributed by atoms with Crippen LogP contribution in [0.2, 0.25) is 0 Å². The number of phenols is 1. The fourth-order valence-electron chi connectivity index (χ4n) is 2.09. The summed E-state index contributed by atoms with van der Waals surface area (Å²) in [4.78, 5) is 4.35. The average molecular weight is 224 g/mol. The van der Waals surface area contributed by atoms with E-state index in [1.165, 1.54) is 0 Å². The number of phenolic OH excluding ortho intramolecular Hbond substituents is 1. The first-order valence-corrected chi connectivity index (χ1v) is 5.45. The number of aromatic hydroxyl groups is 1. The van der Waals surface area contributed by atoms with Gasteiger partial charge in [-0.25, -0.2) is 4.98 Å². The van der Waals surface area contributed by atoms with Crippen LogP contribution in [0.15, 0.2) is 48.8 Å². The molecular formula is C14H12N2O. The van der Waals surface area contributed by atoms with Gasteiger partial charge in [-0.3, -0.25) is 0 Å². The smallest absolute Gasteiger partial charge is 0.140 e. The summed E-state index contributed by atoms with van der Waals surface area (Å²) >= 11 is 0. The summed E-state index contributed by atoms with van der Waals surface area (Å²) in [7, 11) is 1.97. The minimum Gasteiger partial charge on any atom is -0.508 e. The number of benzene rings is 1. The molecule has 2 aromatic heterocycles. The molecule has 84 valence electrons. The highest BCUT2D eigenvalue weighted by Gasteiger charge is 2.07. The Labute approximate surface area is 99.0 Å². The van der Waals surface area contributed by atoms with E-state index in [1.54, 1.807) is 18.3 Å². The highest BCUT2D eigenvalue weighted by Crippen LogP contribution is 2.29. The Morgan fingerprint density at radius 3 is 2.88 bits per heavy atom. The topological polar surface area (TPSA) is 38.0 Å². The molecular weight excluding hydrogens is 212 g/mol. The van der Waals surface area contributed by atoms with Gasteiger partial charge in [-0.05, 0) is 35.4 Å². The number of aryl methyl sites for hydroxylation is 1. The van der Waals surface area contributed by atoms with Crippen molar-refractivity contribution in [2.24, 2.45) is 7.05 Å². The summed E-state index contributed by atoms with van der Waals surface area (Å²) in [5, 5.41) is 10.6. The van der Waals surface area contributed by atoms with Gasteiger partial charge in [0.25, 0.3) is 0 Å². The van der Waals surface area contributed by atoms with Crippen molar-refractivity contribution in [3.05, 3.63) is 48.8 Å². The second-order valence-corrected chi connectivity index (χ2v) is 4.07. The van der Waals surface area contributed by atoms with Crippen molar-refractivity contribution in [3.63, 3.8) is 0 Å². The van der Waals surface area contributed by atoms with E-state index in [0.29, 0.717) is 0 Å². The minimum absolute atomic E-state index is 0.281. The molecule has 3 nitrogen and oxygen atoms in total. The molecule has 3 heteroatoms. The van der Waals surface area contributed by atoms with Crippen LogP contribution in [-0.2, 0) is 7.05 Å². The van der Waals surface area contributed by atoms with Crippen molar-refractivity contribution in [2.75, 3.05) is 0 Å². The zero-order valence-corrected chi connectivity index (χ0v) is 9.46. The molecule has 0 aliphatic heterocycles. The molecule has 0 unspecified atom stereocenters. The predicted octanol–water partition coefficient (Wildman–Crippen LogP) is 2.95. The Kier molecular flexibility index (Phi) is 2.11. The second kappa shape index (κ2) is 3.63. The number of rotatable bonds is 1. The molecule has 0 aliphatic carbocycles. The molecule has 3 rings (SSSR count). The summed E-state index contributed by atoms with van der Waals surface area (Å²) in [5.41, 5.74) is 3.04.